The molecule has 8 nitrogen and oxygen atoms in total. The van der Waals surface area contributed by atoms with Gasteiger partial charge in [-0.25, -0.2) is 0 Å². The zero-order valence-corrected chi connectivity index (χ0v) is 18.2. The van der Waals surface area contributed by atoms with Gasteiger partial charge in [-0.05, 0) is 30.9 Å². The quantitative estimate of drug-likeness (QED) is 0.619. The molecule has 1 amide bonds. The van der Waals surface area contributed by atoms with Gasteiger partial charge in [0.2, 0.25) is 5.89 Å². The lowest BCUT2D eigenvalue weighted by atomic mass is 10.1. The van der Waals surface area contributed by atoms with Gasteiger partial charge < -0.3 is 23.6 Å². The molecule has 1 aliphatic heterocycles. The summed E-state index contributed by atoms with van der Waals surface area (Å²) in [5.74, 6) is 2.74. The van der Waals surface area contributed by atoms with Crippen molar-refractivity contribution < 1.29 is 23.5 Å². The predicted octanol–water partition coefficient (Wildman–Crippen LogP) is 3.15. The SMILES string of the molecule is COc1cccc(C(=O)N2CCCC(OCCc3noc(CC(C)C)n3)C2)c1OC. The number of rotatable bonds is 9. The predicted molar refractivity (Wildman–Crippen MR) is 111 cm³/mol. The van der Waals surface area contributed by atoms with E-state index in [0.717, 1.165) is 19.3 Å². The summed E-state index contributed by atoms with van der Waals surface area (Å²) in [4.78, 5) is 19.3. The van der Waals surface area contributed by atoms with Crippen molar-refractivity contribution in [3.8, 4) is 11.5 Å². The standard InChI is InChI=1S/C22H31N3O5/c1-15(2)13-20-23-19(24-30-20)10-12-29-16-7-6-11-25(14-16)22(26)17-8-5-9-18(27-3)21(17)28-4/h5,8-9,15-16H,6-7,10-14H2,1-4H3. The Labute approximate surface area is 177 Å². The fourth-order valence-electron chi connectivity index (χ4n) is 3.63. The number of nitrogens with zero attached hydrogens (tertiary/aromatic N) is 3. The van der Waals surface area contributed by atoms with Gasteiger partial charge in [0.25, 0.3) is 5.91 Å². The molecule has 164 valence electrons. The van der Waals surface area contributed by atoms with Crippen molar-refractivity contribution in [2.75, 3.05) is 33.9 Å². The first kappa shape index (κ1) is 22.1. The number of aromatic nitrogens is 2. The fourth-order valence-corrected chi connectivity index (χ4v) is 3.63. The first-order valence-electron chi connectivity index (χ1n) is 10.4. The van der Waals surface area contributed by atoms with Crippen LogP contribution in [0.5, 0.6) is 11.5 Å². The Morgan fingerprint density at radius 3 is 2.87 bits per heavy atom. The number of methoxy groups -OCH3 is 2. The van der Waals surface area contributed by atoms with E-state index in [0.29, 0.717) is 60.8 Å². The highest BCUT2D eigenvalue weighted by atomic mass is 16.5. The minimum absolute atomic E-state index is 0.0126. The molecule has 0 aliphatic carbocycles. The van der Waals surface area contributed by atoms with Crippen LogP contribution in [-0.2, 0) is 17.6 Å². The minimum Gasteiger partial charge on any atom is -0.493 e. The second kappa shape index (κ2) is 10.4. The molecule has 0 saturated carbocycles. The van der Waals surface area contributed by atoms with Crippen LogP contribution in [0.3, 0.4) is 0 Å². The van der Waals surface area contributed by atoms with Crippen LogP contribution in [0.1, 0.15) is 48.8 Å². The monoisotopic (exact) mass is 417 g/mol. The average molecular weight is 418 g/mol. The summed E-state index contributed by atoms with van der Waals surface area (Å²) < 4.78 is 22.0. The number of hydrogen-bond donors (Lipinski definition) is 0. The zero-order valence-electron chi connectivity index (χ0n) is 18.2. The maximum atomic E-state index is 13.1. The van der Waals surface area contributed by atoms with Crippen molar-refractivity contribution >= 4 is 5.91 Å². The fraction of sp³-hybridized carbons (Fsp3) is 0.591. The molecule has 30 heavy (non-hydrogen) atoms. The number of para-hydroxylation sites is 1. The lowest BCUT2D eigenvalue weighted by Crippen LogP contribution is -2.43. The second-order valence-electron chi connectivity index (χ2n) is 7.88. The van der Waals surface area contributed by atoms with Crippen molar-refractivity contribution in [1.29, 1.82) is 0 Å². The van der Waals surface area contributed by atoms with E-state index in [1.54, 1.807) is 32.4 Å². The molecule has 1 aromatic carbocycles. The Balaban J connectivity index is 1.54. The molecule has 0 N–H and O–H groups in total. The minimum atomic E-state index is -0.0736. The van der Waals surface area contributed by atoms with Crippen LogP contribution < -0.4 is 9.47 Å². The third kappa shape index (κ3) is 5.50. The number of carbonyl (C=O) groups excluding carboxylic acids is 1. The number of likely N-dealkylation sites (tertiary alicyclic amines) is 1. The van der Waals surface area contributed by atoms with Crippen LogP contribution in [0.4, 0.5) is 0 Å². The summed E-state index contributed by atoms with van der Waals surface area (Å²) in [6.07, 6.45) is 3.17. The van der Waals surface area contributed by atoms with Crippen molar-refractivity contribution in [3.05, 3.63) is 35.5 Å². The molecule has 1 atom stereocenters. The summed E-state index contributed by atoms with van der Waals surface area (Å²) in [6, 6.07) is 5.34. The van der Waals surface area contributed by atoms with Gasteiger partial charge in [-0.2, -0.15) is 4.98 Å². The lowest BCUT2D eigenvalue weighted by Gasteiger charge is -2.33. The van der Waals surface area contributed by atoms with Gasteiger partial charge in [0.1, 0.15) is 0 Å². The van der Waals surface area contributed by atoms with Crippen LogP contribution in [0, 0.1) is 5.92 Å². The van der Waals surface area contributed by atoms with Crippen LogP contribution in [0.2, 0.25) is 0 Å². The van der Waals surface area contributed by atoms with E-state index in [-0.39, 0.29) is 12.0 Å². The molecular formula is C22H31N3O5. The summed E-state index contributed by atoms with van der Waals surface area (Å²) >= 11 is 0. The van der Waals surface area contributed by atoms with Gasteiger partial charge in [0.05, 0.1) is 32.5 Å². The van der Waals surface area contributed by atoms with Gasteiger partial charge in [-0.15, -0.1) is 0 Å². The van der Waals surface area contributed by atoms with E-state index >= 15 is 0 Å². The van der Waals surface area contributed by atoms with E-state index in [4.69, 9.17) is 18.7 Å². The highest BCUT2D eigenvalue weighted by molar-refractivity contribution is 5.97. The van der Waals surface area contributed by atoms with E-state index in [1.165, 1.54) is 0 Å². The van der Waals surface area contributed by atoms with Gasteiger partial charge in [-0.1, -0.05) is 25.1 Å². The van der Waals surface area contributed by atoms with Crippen molar-refractivity contribution in [3.63, 3.8) is 0 Å². The average Bonchev–Trinajstić information content (AvgIpc) is 3.19. The topological polar surface area (TPSA) is 86.9 Å². The number of piperidine rings is 1. The molecule has 1 aliphatic rings. The normalized spacial score (nSPS) is 16.7. The Morgan fingerprint density at radius 2 is 2.13 bits per heavy atom. The van der Waals surface area contributed by atoms with Gasteiger partial charge in [0.15, 0.2) is 17.3 Å². The first-order chi connectivity index (χ1) is 14.5. The number of benzene rings is 1. The molecule has 1 fully saturated rings. The van der Waals surface area contributed by atoms with Crippen LogP contribution in [0.25, 0.3) is 0 Å². The van der Waals surface area contributed by atoms with Crippen molar-refractivity contribution in [1.82, 2.24) is 15.0 Å². The van der Waals surface area contributed by atoms with E-state index in [1.807, 2.05) is 4.90 Å². The van der Waals surface area contributed by atoms with Crippen LogP contribution >= 0.6 is 0 Å². The maximum Gasteiger partial charge on any atom is 0.257 e. The highest BCUT2D eigenvalue weighted by Gasteiger charge is 2.27. The van der Waals surface area contributed by atoms with Crippen LogP contribution in [0.15, 0.2) is 22.7 Å². The molecule has 0 spiro atoms. The second-order valence-corrected chi connectivity index (χ2v) is 7.88. The lowest BCUT2D eigenvalue weighted by molar-refractivity contribution is 0.00240. The molecule has 2 aromatic rings. The summed E-state index contributed by atoms with van der Waals surface area (Å²) in [5, 5.41) is 4.01. The van der Waals surface area contributed by atoms with Gasteiger partial charge >= 0.3 is 0 Å². The van der Waals surface area contributed by atoms with Gasteiger partial charge in [0, 0.05) is 25.9 Å². The Morgan fingerprint density at radius 1 is 1.30 bits per heavy atom. The molecule has 0 radical (unpaired) electrons. The highest BCUT2D eigenvalue weighted by Crippen LogP contribution is 2.32. The molecule has 2 heterocycles. The molecule has 1 aromatic heterocycles. The number of amides is 1. The summed E-state index contributed by atoms with van der Waals surface area (Å²) in [7, 11) is 3.10. The largest absolute Gasteiger partial charge is 0.493 e. The molecule has 1 saturated heterocycles. The van der Waals surface area contributed by atoms with E-state index < -0.39 is 0 Å². The summed E-state index contributed by atoms with van der Waals surface area (Å²) in [6.45, 7) is 5.97. The molecule has 1 unspecified atom stereocenters. The molecule has 8 heteroatoms. The Hall–Kier alpha value is -2.61. The van der Waals surface area contributed by atoms with Crippen molar-refractivity contribution in [2.45, 2.75) is 45.6 Å². The number of ether oxygens (including phenoxy) is 3. The van der Waals surface area contributed by atoms with Crippen LogP contribution in [-0.4, -0.2) is 61.0 Å². The third-order valence-corrected chi connectivity index (χ3v) is 5.07. The molecule has 3 rings (SSSR count). The zero-order chi connectivity index (χ0) is 21.5. The Bertz CT molecular complexity index is 836. The third-order valence-electron chi connectivity index (χ3n) is 5.07. The molecular weight excluding hydrogens is 386 g/mol. The Kier molecular flexibility index (Phi) is 7.68. The molecule has 0 bridgehead atoms. The van der Waals surface area contributed by atoms with E-state index in [9.17, 15) is 4.79 Å². The number of hydrogen-bond acceptors (Lipinski definition) is 7. The van der Waals surface area contributed by atoms with Gasteiger partial charge in [-0.3, -0.25) is 4.79 Å². The first-order valence-corrected chi connectivity index (χ1v) is 10.4. The smallest absolute Gasteiger partial charge is 0.257 e. The maximum absolute atomic E-state index is 13.1. The summed E-state index contributed by atoms with van der Waals surface area (Å²) in [5.41, 5.74) is 0.502. The van der Waals surface area contributed by atoms with Crippen molar-refractivity contribution in [2.24, 2.45) is 5.92 Å². The number of carbonyl (C=O) groups is 1. The van der Waals surface area contributed by atoms with E-state index in [2.05, 4.69) is 24.0 Å².